The van der Waals surface area contributed by atoms with Crippen LogP contribution in [0.5, 0.6) is 0 Å². The Kier molecular flexibility index (Phi) is 2.55. The monoisotopic (exact) mass is 304 g/mol. The summed E-state index contributed by atoms with van der Waals surface area (Å²) in [6, 6.07) is 7.71. The third-order valence-electron chi connectivity index (χ3n) is 1.75. The van der Waals surface area contributed by atoms with Gasteiger partial charge in [0.15, 0.2) is 0 Å². The molecule has 1 aromatic carbocycles. The Morgan fingerprint density at radius 1 is 1.23 bits per heavy atom. The summed E-state index contributed by atoms with van der Waals surface area (Å²) in [5, 5.41) is 7.59. The molecule has 13 heavy (non-hydrogen) atoms. The van der Waals surface area contributed by atoms with E-state index >= 15 is 0 Å². The fourth-order valence-corrected chi connectivity index (χ4v) is 1.82. The van der Waals surface area contributed by atoms with Gasteiger partial charge in [-0.25, -0.2) is 0 Å². The number of aromatic amines is 1. The zero-order valence-electron chi connectivity index (χ0n) is 6.59. The molecule has 0 aliphatic rings. The van der Waals surface area contributed by atoms with E-state index < -0.39 is 0 Å². The number of rotatable bonds is 1. The first-order chi connectivity index (χ1) is 6.27. The van der Waals surface area contributed by atoms with Crippen molar-refractivity contribution in [3.63, 3.8) is 0 Å². The fourth-order valence-electron chi connectivity index (χ4n) is 1.10. The van der Waals surface area contributed by atoms with Crippen LogP contribution in [0.4, 0.5) is 0 Å². The Hall–Kier alpha value is -0.550. The lowest BCUT2D eigenvalue weighted by atomic mass is 10.1. The second-order valence-electron chi connectivity index (χ2n) is 2.60. The number of hydrogen-bond donors (Lipinski definition) is 1. The van der Waals surface area contributed by atoms with Gasteiger partial charge in [0.25, 0.3) is 0 Å². The predicted octanol–water partition coefficient (Wildman–Crippen LogP) is 3.33. The van der Waals surface area contributed by atoms with Crippen LogP contribution in [0.25, 0.3) is 11.1 Å². The molecule has 0 radical (unpaired) electrons. The summed E-state index contributed by atoms with van der Waals surface area (Å²) in [5.41, 5.74) is 2.24. The minimum atomic E-state index is 0.752. The molecule has 0 saturated heterocycles. The third kappa shape index (κ3) is 1.86. The summed E-state index contributed by atoms with van der Waals surface area (Å²) in [4.78, 5) is 0. The summed E-state index contributed by atoms with van der Waals surface area (Å²) in [5.74, 6) is 0. The molecule has 0 bridgehead atoms. The highest BCUT2D eigenvalue weighted by atomic mass is 127. The second kappa shape index (κ2) is 3.67. The lowest BCUT2D eigenvalue weighted by Gasteiger charge is -1.97. The maximum Gasteiger partial charge on any atom is 0.104 e. The van der Waals surface area contributed by atoms with Gasteiger partial charge in [0.2, 0.25) is 0 Å². The highest BCUT2D eigenvalue weighted by Gasteiger charge is 2.03. The van der Waals surface area contributed by atoms with Crippen LogP contribution in [0.3, 0.4) is 0 Å². The molecule has 0 saturated carbocycles. The van der Waals surface area contributed by atoms with E-state index in [1.807, 2.05) is 30.5 Å². The maximum atomic E-state index is 5.79. The van der Waals surface area contributed by atoms with Crippen LogP contribution < -0.4 is 0 Å². The smallest absolute Gasteiger partial charge is 0.104 e. The molecule has 2 aromatic rings. The van der Waals surface area contributed by atoms with E-state index in [4.69, 9.17) is 11.6 Å². The Bertz CT molecular complexity index is 408. The number of nitrogens with zero attached hydrogens (tertiary/aromatic N) is 1. The highest BCUT2D eigenvalue weighted by Crippen LogP contribution is 2.24. The van der Waals surface area contributed by atoms with E-state index in [1.54, 1.807) is 0 Å². The lowest BCUT2D eigenvalue weighted by Crippen LogP contribution is -1.77. The molecule has 0 spiro atoms. The molecule has 2 nitrogen and oxygen atoms in total. The minimum absolute atomic E-state index is 0.752. The number of halogens is 2. The summed E-state index contributed by atoms with van der Waals surface area (Å²) >= 11 is 8.00. The average molecular weight is 305 g/mol. The van der Waals surface area contributed by atoms with Crippen LogP contribution in [0.1, 0.15) is 0 Å². The molecule has 1 aromatic heterocycles. The number of nitrogens with one attached hydrogen (secondary N) is 1. The molecule has 2 rings (SSSR count). The van der Waals surface area contributed by atoms with Crippen LogP contribution in [0.2, 0.25) is 5.02 Å². The molecular weight excluding hydrogens is 298 g/mol. The molecule has 0 atom stereocenters. The van der Waals surface area contributed by atoms with Crippen molar-refractivity contribution in [2.45, 2.75) is 0 Å². The second-order valence-corrected chi connectivity index (χ2v) is 4.12. The van der Waals surface area contributed by atoms with Gasteiger partial charge >= 0.3 is 0 Å². The largest absolute Gasteiger partial charge is 0.272 e. The zero-order chi connectivity index (χ0) is 9.26. The van der Waals surface area contributed by atoms with Crippen molar-refractivity contribution in [2.24, 2.45) is 0 Å². The quantitative estimate of drug-likeness (QED) is 0.804. The SMILES string of the molecule is Clc1ccc(-c2cn[nH]c2I)cc1. The normalized spacial score (nSPS) is 10.3. The van der Waals surface area contributed by atoms with Gasteiger partial charge in [0.1, 0.15) is 3.70 Å². The molecule has 4 heteroatoms. The van der Waals surface area contributed by atoms with E-state index in [1.165, 1.54) is 0 Å². The van der Waals surface area contributed by atoms with Gasteiger partial charge in [-0.2, -0.15) is 5.10 Å². The topological polar surface area (TPSA) is 28.7 Å². The van der Waals surface area contributed by atoms with E-state index in [0.29, 0.717) is 0 Å². The number of benzene rings is 1. The zero-order valence-corrected chi connectivity index (χ0v) is 9.50. The Morgan fingerprint density at radius 3 is 2.46 bits per heavy atom. The van der Waals surface area contributed by atoms with Crippen LogP contribution in [0.15, 0.2) is 30.5 Å². The Morgan fingerprint density at radius 2 is 1.92 bits per heavy atom. The summed E-state index contributed by atoms with van der Waals surface area (Å²) in [6.07, 6.45) is 1.81. The molecule has 0 amide bonds. The van der Waals surface area contributed by atoms with Crippen molar-refractivity contribution in [1.29, 1.82) is 0 Å². The fraction of sp³-hybridized carbons (Fsp3) is 0. The standard InChI is InChI=1S/C9H6ClIN2/c10-7-3-1-6(2-4-7)8-5-12-13-9(8)11/h1-5H,(H,12,13). The van der Waals surface area contributed by atoms with Crippen molar-refractivity contribution in [3.8, 4) is 11.1 Å². The van der Waals surface area contributed by atoms with E-state index in [9.17, 15) is 0 Å². The van der Waals surface area contributed by atoms with Crippen molar-refractivity contribution in [3.05, 3.63) is 39.2 Å². The third-order valence-corrected chi connectivity index (χ3v) is 2.82. The van der Waals surface area contributed by atoms with Crippen molar-refractivity contribution in [2.75, 3.05) is 0 Å². The summed E-state index contributed by atoms with van der Waals surface area (Å²) < 4.78 is 1.04. The van der Waals surface area contributed by atoms with Crippen LogP contribution in [-0.4, -0.2) is 10.2 Å². The highest BCUT2D eigenvalue weighted by molar-refractivity contribution is 14.1. The molecule has 66 valence electrons. The molecular formula is C9H6ClIN2. The first kappa shape index (κ1) is 9.02. The number of aromatic nitrogens is 2. The van der Waals surface area contributed by atoms with Crippen LogP contribution in [0, 0.1) is 3.70 Å². The minimum Gasteiger partial charge on any atom is -0.272 e. The maximum absolute atomic E-state index is 5.79. The van der Waals surface area contributed by atoms with Gasteiger partial charge in [-0.3, -0.25) is 5.10 Å². The molecule has 1 N–H and O–H groups in total. The lowest BCUT2D eigenvalue weighted by molar-refractivity contribution is 1.07. The molecule has 0 fully saturated rings. The van der Waals surface area contributed by atoms with E-state index in [-0.39, 0.29) is 0 Å². The van der Waals surface area contributed by atoms with Crippen molar-refractivity contribution >= 4 is 34.2 Å². The molecule has 0 aliphatic carbocycles. The van der Waals surface area contributed by atoms with E-state index in [2.05, 4.69) is 32.8 Å². The average Bonchev–Trinajstić information content (AvgIpc) is 2.53. The Balaban J connectivity index is 2.47. The van der Waals surface area contributed by atoms with Gasteiger partial charge in [-0.15, -0.1) is 0 Å². The first-order valence-electron chi connectivity index (χ1n) is 3.72. The summed E-state index contributed by atoms with van der Waals surface area (Å²) in [7, 11) is 0. The van der Waals surface area contributed by atoms with Crippen molar-refractivity contribution in [1.82, 2.24) is 10.2 Å². The van der Waals surface area contributed by atoms with Gasteiger partial charge in [-0.05, 0) is 40.3 Å². The van der Waals surface area contributed by atoms with Gasteiger partial charge in [0, 0.05) is 10.6 Å². The van der Waals surface area contributed by atoms with Crippen molar-refractivity contribution < 1.29 is 0 Å². The number of H-pyrrole nitrogens is 1. The molecule has 0 unspecified atom stereocenters. The predicted molar refractivity (Wildman–Crippen MR) is 61.8 cm³/mol. The molecule has 1 heterocycles. The Labute approximate surface area is 94.5 Å². The first-order valence-corrected chi connectivity index (χ1v) is 5.18. The van der Waals surface area contributed by atoms with E-state index in [0.717, 1.165) is 19.9 Å². The summed E-state index contributed by atoms with van der Waals surface area (Å²) in [6.45, 7) is 0. The van der Waals surface area contributed by atoms with Crippen LogP contribution in [-0.2, 0) is 0 Å². The number of hydrogen-bond acceptors (Lipinski definition) is 1. The van der Waals surface area contributed by atoms with Crippen LogP contribution >= 0.6 is 34.2 Å². The van der Waals surface area contributed by atoms with Gasteiger partial charge in [-0.1, -0.05) is 23.7 Å². The van der Waals surface area contributed by atoms with Gasteiger partial charge in [0.05, 0.1) is 6.20 Å². The van der Waals surface area contributed by atoms with Gasteiger partial charge < -0.3 is 0 Å². The molecule has 0 aliphatic heterocycles.